The summed E-state index contributed by atoms with van der Waals surface area (Å²) in [5.41, 5.74) is -0.728. The number of aromatic nitrogens is 4. The zero-order valence-electron chi connectivity index (χ0n) is 18.5. The van der Waals surface area contributed by atoms with E-state index in [1.165, 1.54) is 0 Å². The molecular formula is C23H36FN4O2+. The first kappa shape index (κ1) is 20.5. The quantitative estimate of drug-likeness (QED) is 0.765. The number of fused-ring (bicyclic) bond motifs is 5. The number of alkyl halides is 1. The molecule has 4 aliphatic carbocycles. The lowest BCUT2D eigenvalue weighted by Gasteiger charge is -2.57. The SMILES string of the molecule is C[n+]1cnnn1CC(=O)[C@H]1CC[C@H]2[C@@H]3C[C@@H](F)[C@H]4C[C@](C)(O)CC[C@@H]4[C@H]3CC[C@]12C. The van der Waals surface area contributed by atoms with Crippen molar-refractivity contribution in [2.24, 2.45) is 48.0 Å². The number of hydrogen-bond donors (Lipinski definition) is 1. The van der Waals surface area contributed by atoms with E-state index in [-0.39, 0.29) is 29.6 Å². The molecule has 9 atom stereocenters. The molecule has 0 aliphatic heterocycles. The second-order valence-electron chi connectivity index (χ2n) is 11.3. The van der Waals surface area contributed by atoms with E-state index in [0.29, 0.717) is 36.5 Å². The van der Waals surface area contributed by atoms with Gasteiger partial charge in [0.25, 0.3) is 6.33 Å². The first-order valence-electron chi connectivity index (χ1n) is 11.8. The first-order valence-corrected chi connectivity index (χ1v) is 11.8. The second kappa shape index (κ2) is 7.07. The molecule has 0 radical (unpaired) electrons. The van der Waals surface area contributed by atoms with E-state index in [1.807, 2.05) is 14.0 Å². The zero-order chi connectivity index (χ0) is 21.3. The van der Waals surface area contributed by atoms with Crippen molar-refractivity contribution < 1.29 is 19.0 Å². The maximum atomic E-state index is 15.4. The van der Waals surface area contributed by atoms with Gasteiger partial charge in [0.15, 0.2) is 11.0 Å². The molecule has 0 spiro atoms. The molecule has 0 bridgehead atoms. The van der Waals surface area contributed by atoms with Crippen molar-refractivity contribution >= 4 is 5.78 Å². The highest BCUT2D eigenvalue weighted by Gasteiger charge is 2.60. The van der Waals surface area contributed by atoms with Gasteiger partial charge in [-0.2, -0.15) is 4.68 Å². The number of Topliss-reactive ketones (excluding diaryl/α,β-unsaturated/α-hetero) is 1. The monoisotopic (exact) mass is 419 g/mol. The Bertz CT molecular complexity index is 826. The zero-order valence-corrected chi connectivity index (χ0v) is 18.5. The molecule has 0 saturated heterocycles. The Morgan fingerprint density at radius 3 is 2.63 bits per heavy atom. The van der Waals surface area contributed by atoms with Gasteiger partial charge in [0, 0.05) is 5.92 Å². The summed E-state index contributed by atoms with van der Waals surface area (Å²) in [5, 5.41) is 18.4. The largest absolute Gasteiger partial charge is 0.390 e. The van der Waals surface area contributed by atoms with E-state index in [1.54, 1.807) is 15.8 Å². The van der Waals surface area contributed by atoms with Crippen LogP contribution in [0, 0.1) is 40.9 Å². The van der Waals surface area contributed by atoms with Crippen LogP contribution in [0.2, 0.25) is 0 Å². The van der Waals surface area contributed by atoms with Crippen molar-refractivity contribution in [3.63, 3.8) is 0 Å². The molecular weight excluding hydrogens is 383 g/mol. The summed E-state index contributed by atoms with van der Waals surface area (Å²) < 4.78 is 17.1. The summed E-state index contributed by atoms with van der Waals surface area (Å²) >= 11 is 0. The maximum absolute atomic E-state index is 15.4. The predicted octanol–water partition coefficient (Wildman–Crippen LogP) is 2.64. The molecule has 4 aliphatic rings. The Morgan fingerprint density at radius 2 is 1.90 bits per heavy atom. The highest BCUT2D eigenvalue weighted by Crippen LogP contribution is 2.65. The molecule has 6 nitrogen and oxygen atoms in total. The summed E-state index contributed by atoms with van der Waals surface area (Å²) in [6.07, 6.45) is 7.91. The molecule has 5 rings (SSSR count). The number of carbonyl (C=O) groups is 1. The standard InChI is InChI=1S/C23H36FN4O2/c1-22(30)8-6-15-14-7-9-23(2)18(16(14)10-20(24)17(15)11-22)4-5-19(23)21(29)12-28-26-25-13-27(28)3/h13-20,30H,4-12H2,1-3H3/q+1/t14-,15-,16-,17+,18+,19-,20-,22-,23+/m1/s1. The minimum atomic E-state index is -0.811. The van der Waals surface area contributed by atoms with E-state index in [4.69, 9.17) is 0 Å². The average molecular weight is 420 g/mol. The fourth-order valence-electron chi connectivity index (χ4n) is 8.20. The number of ketones is 1. The van der Waals surface area contributed by atoms with Crippen LogP contribution in [0.15, 0.2) is 6.33 Å². The van der Waals surface area contributed by atoms with Crippen molar-refractivity contribution in [1.82, 2.24) is 15.1 Å². The van der Waals surface area contributed by atoms with Gasteiger partial charge in [0.05, 0.1) is 12.6 Å². The molecule has 1 heterocycles. The second-order valence-corrected chi connectivity index (χ2v) is 11.3. The van der Waals surface area contributed by atoms with E-state index in [0.717, 1.165) is 38.5 Å². The molecule has 0 unspecified atom stereocenters. The molecule has 7 heteroatoms. The topological polar surface area (TPSA) is 71.9 Å². The Labute approximate surface area is 178 Å². The highest BCUT2D eigenvalue weighted by molar-refractivity contribution is 5.81. The molecule has 1 N–H and O–H groups in total. The number of tetrazole rings is 1. The molecule has 0 aromatic carbocycles. The lowest BCUT2D eigenvalue weighted by molar-refractivity contribution is -0.757. The third-order valence-electron chi connectivity index (χ3n) is 9.67. The van der Waals surface area contributed by atoms with Crippen molar-refractivity contribution in [2.45, 2.75) is 83.5 Å². The van der Waals surface area contributed by atoms with Gasteiger partial charge in [-0.25, -0.2) is 4.39 Å². The number of hydrogen-bond acceptors (Lipinski definition) is 4. The third kappa shape index (κ3) is 3.14. The molecule has 1 aromatic rings. The summed E-state index contributed by atoms with van der Waals surface area (Å²) in [6, 6.07) is 0. The van der Waals surface area contributed by atoms with Gasteiger partial charge in [0.1, 0.15) is 17.8 Å². The third-order valence-corrected chi connectivity index (χ3v) is 9.67. The first-order chi connectivity index (χ1) is 14.2. The number of aliphatic hydroxyl groups is 1. The van der Waals surface area contributed by atoms with Crippen molar-refractivity contribution in [3.8, 4) is 0 Å². The molecule has 4 saturated carbocycles. The van der Waals surface area contributed by atoms with Crippen molar-refractivity contribution in [3.05, 3.63) is 6.33 Å². The minimum absolute atomic E-state index is 0.0190. The number of rotatable bonds is 3. The Kier molecular flexibility index (Phi) is 4.84. The molecule has 30 heavy (non-hydrogen) atoms. The van der Waals surface area contributed by atoms with Crippen LogP contribution < -0.4 is 4.68 Å². The molecule has 166 valence electrons. The molecule has 4 fully saturated rings. The van der Waals surface area contributed by atoms with Crippen LogP contribution in [0.3, 0.4) is 0 Å². The highest BCUT2D eigenvalue weighted by atomic mass is 19.1. The number of carbonyl (C=O) groups excluding carboxylic acids is 1. The van der Waals surface area contributed by atoms with Crippen LogP contribution in [0.25, 0.3) is 0 Å². The Morgan fingerprint density at radius 1 is 1.17 bits per heavy atom. The minimum Gasteiger partial charge on any atom is -0.390 e. The van der Waals surface area contributed by atoms with Crippen LogP contribution in [-0.2, 0) is 18.4 Å². The van der Waals surface area contributed by atoms with Gasteiger partial charge in [-0.3, -0.25) is 4.79 Å². The fraction of sp³-hybridized carbons (Fsp3) is 0.913. The van der Waals surface area contributed by atoms with E-state index < -0.39 is 11.8 Å². The smallest absolute Gasteiger partial charge is 0.288 e. The lowest BCUT2D eigenvalue weighted by Crippen LogP contribution is -2.54. The summed E-state index contributed by atoms with van der Waals surface area (Å²) in [7, 11) is 1.85. The summed E-state index contributed by atoms with van der Waals surface area (Å²) in [6.45, 7) is 4.45. The number of nitrogens with zero attached hydrogens (tertiary/aromatic N) is 4. The normalized spacial score (nSPS) is 48.0. The van der Waals surface area contributed by atoms with Gasteiger partial charge in [-0.15, -0.1) is 0 Å². The van der Waals surface area contributed by atoms with E-state index in [2.05, 4.69) is 17.2 Å². The summed E-state index contributed by atoms with van der Waals surface area (Å²) in [5.74, 6) is 2.12. The molecule has 0 amide bonds. The number of halogens is 1. The lowest BCUT2D eigenvalue weighted by atomic mass is 9.48. The van der Waals surface area contributed by atoms with Gasteiger partial charge in [-0.1, -0.05) is 11.7 Å². The van der Waals surface area contributed by atoms with Crippen LogP contribution in [-0.4, -0.2) is 37.8 Å². The summed E-state index contributed by atoms with van der Waals surface area (Å²) in [4.78, 5) is 14.9. The van der Waals surface area contributed by atoms with Gasteiger partial charge < -0.3 is 5.11 Å². The Hall–Kier alpha value is -1.37. The van der Waals surface area contributed by atoms with Gasteiger partial charge in [-0.05, 0) is 93.3 Å². The van der Waals surface area contributed by atoms with Gasteiger partial charge >= 0.3 is 0 Å². The fourth-order valence-corrected chi connectivity index (χ4v) is 8.20. The predicted molar refractivity (Wildman–Crippen MR) is 108 cm³/mol. The number of aryl methyl sites for hydroxylation is 1. The van der Waals surface area contributed by atoms with E-state index >= 15 is 4.39 Å². The van der Waals surface area contributed by atoms with Crippen molar-refractivity contribution in [1.29, 1.82) is 0 Å². The van der Waals surface area contributed by atoms with Crippen molar-refractivity contribution in [2.75, 3.05) is 0 Å². The molecule has 1 aromatic heterocycles. The van der Waals surface area contributed by atoms with E-state index in [9.17, 15) is 9.90 Å². The maximum Gasteiger partial charge on any atom is 0.288 e. The average Bonchev–Trinajstić information content (AvgIpc) is 3.24. The Balaban J connectivity index is 1.35. The van der Waals surface area contributed by atoms with Crippen LogP contribution in [0.5, 0.6) is 0 Å². The van der Waals surface area contributed by atoms with Crippen LogP contribution in [0.4, 0.5) is 4.39 Å². The van der Waals surface area contributed by atoms with Crippen LogP contribution in [0.1, 0.15) is 65.2 Å². The van der Waals surface area contributed by atoms with Gasteiger partial charge in [0.2, 0.25) is 0 Å². The van der Waals surface area contributed by atoms with Crippen LogP contribution >= 0.6 is 0 Å².